The van der Waals surface area contributed by atoms with Crippen LogP contribution in [0.3, 0.4) is 0 Å². The Bertz CT molecular complexity index is 139. The SMILES string of the molecule is COC[C@H]1CCN1CC(C)(C)C. The second kappa shape index (κ2) is 3.75. The van der Waals surface area contributed by atoms with Gasteiger partial charge >= 0.3 is 0 Å². The number of hydrogen-bond acceptors (Lipinski definition) is 2. The van der Waals surface area contributed by atoms with Gasteiger partial charge in [-0.15, -0.1) is 0 Å². The number of hydrogen-bond donors (Lipinski definition) is 0. The predicted octanol–water partition coefficient (Wildman–Crippen LogP) is 1.75. The molecule has 1 rings (SSSR count). The summed E-state index contributed by atoms with van der Waals surface area (Å²) in [6, 6.07) is 0.689. The van der Waals surface area contributed by atoms with Gasteiger partial charge in [0, 0.05) is 26.2 Å². The molecule has 0 aromatic rings. The first-order valence-electron chi connectivity index (χ1n) is 4.76. The first-order valence-corrected chi connectivity index (χ1v) is 4.76. The summed E-state index contributed by atoms with van der Waals surface area (Å²) in [4.78, 5) is 2.52. The van der Waals surface area contributed by atoms with E-state index in [-0.39, 0.29) is 0 Å². The predicted molar refractivity (Wildman–Crippen MR) is 51.3 cm³/mol. The first-order chi connectivity index (χ1) is 5.53. The highest BCUT2D eigenvalue weighted by atomic mass is 16.5. The molecule has 1 fully saturated rings. The molecule has 0 spiro atoms. The van der Waals surface area contributed by atoms with Gasteiger partial charge in [0.1, 0.15) is 0 Å². The van der Waals surface area contributed by atoms with Gasteiger partial charge < -0.3 is 4.74 Å². The van der Waals surface area contributed by atoms with Crippen molar-refractivity contribution in [2.75, 3.05) is 26.8 Å². The van der Waals surface area contributed by atoms with Gasteiger partial charge in [0.25, 0.3) is 0 Å². The summed E-state index contributed by atoms with van der Waals surface area (Å²) < 4.78 is 5.15. The average Bonchev–Trinajstić information content (AvgIpc) is 1.92. The molecule has 1 heterocycles. The van der Waals surface area contributed by atoms with Crippen LogP contribution in [-0.4, -0.2) is 37.7 Å². The molecule has 72 valence electrons. The van der Waals surface area contributed by atoms with Gasteiger partial charge in [0.15, 0.2) is 0 Å². The van der Waals surface area contributed by atoms with Crippen LogP contribution >= 0.6 is 0 Å². The molecule has 2 nitrogen and oxygen atoms in total. The van der Waals surface area contributed by atoms with Gasteiger partial charge in [-0.05, 0) is 11.8 Å². The Morgan fingerprint density at radius 1 is 1.42 bits per heavy atom. The minimum atomic E-state index is 0.423. The Hall–Kier alpha value is -0.0800. The van der Waals surface area contributed by atoms with Crippen LogP contribution in [0, 0.1) is 5.41 Å². The molecule has 1 aliphatic rings. The molecule has 0 radical (unpaired) electrons. The molecule has 0 aromatic heterocycles. The van der Waals surface area contributed by atoms with Gasteiger partial charge in [-0.3, -0.25) is 4.90 Å². The average molecular weight is 171 g/mol. The molecule has 0 aromatic carbocycles. The second-order valence-electron chi connectivity index (χ2n) is 4.93. The van der Waals surface area contributed by atoms with E-state index in [1.165, 1.54) is 19.5 Å². The Morgan fingerprint density at radius 3 is 2.42 bits per heavy atom. The van der Waals surface area contributed by atoms with Crippen LogP contribution in [-0.2, 0) is 4.74 Å². The number of methoxy groups -OCH3 is 1. The Kier molecular flexibility index (Phi) is 3.13. The summed E-state index contributed by atoms with van der Waals surface area (Å²) in [6.07, 6.45) is 1.31. The van der Waals surface area contributed by atoms with E-state index in [0.717, 1.165) is 6.61 Å². The van der Waals surface area contributed by atoms with Crippen molar-refractivity contribution in [2.24, 2.45) is 5.41 Å². The maximum Gasteiger partial charge on any atom is 0.0618 e. The molecule has 0 aliphatic carbocycles. The topological polar surface area (TPSA) is 12.5 Å². The largest absolute Gasteiger partial charge is 0.383 e. The molecule has 0 N–H and O–H groups in total. The number of nitrogens with zero attached hydrogens (tertiary/aromatic N) is 1. The summed E-state index contributed by atoms with van der Waals surface area (Å²) >= 11 is 0. The summed E-state index contributed by atoms with van der Waals surface area (Å²) in [5.74, 6) is 0. The quantitative estimate of drug-likeness (QED) is 0.641. The molecule has 12 heavy (non-hydrogen) atoms. The fraction of sp³-hybridized carbons (Fsp3) is 1.00. The molecule has 2 heteroatoms. The van der Waals surface area contributed by atoms with Crippen LogP contribution in [0.4, 0.5) is 0 Å². The maximum absolute atomic E-state index is 5.15. The van der Waals surface area contributed by atoms with Crippen LogP contribution in [0.2, 0.25) is 0 Å². The van der Waals surface area contributed by atoms with Crippen LogP contribution in [0.25, 0.3) is 0 Å². The summed E-state index contributed by atoms with van der Waals surface area (Å²) in [7, 11) is 1.79. The molecular formula is C10H21NO. The van der Waals surface area contributed by atoms with Gasteiger partial charge in [-0.1, -0.05) is 20.8 Å². The van der Waals surface area contributed by atoms with E-state index in [1.54, 1.807) is 7.11 Å². The molecule has 1 aliphatic heterocycles. The Labute approximate surface area is 75.9 Å². The second-order valence-corrected chi connectivity index (χ2v) is 4.93. The van der Waals surface area contributed by atoms with Crippen LogP contribution in [0.15, 0.2) is 0 Å². The molecule has 0 saturated carbocycles. The van der Waals surface area contributed by atoms with Crippen molar-refractivity contribution >= 4 is 0 Å². The van der Waals surface area contributed by atoms with Gasteiger partial charge in [-0.25, -0.2) is 0 Å². The van der Waals surface area contributed by atoms with E-state index in [9.17, 15) is 0 Å². The third-order valence-electron chi connectivity index (χ3n) is 2.30. The highest BCUT2D eigenvalue weighted by Crippen LogP contribution is 2.24. The highest BCUT2D eigenvalue weighted by Gasteiger charge is 2.30. The minimum absolute atomic E-state index is 0.423. The number of rotatable bonds is 3. The van der Waals surface area contributed by atoms with Crippen LogP contribution < -0.4 is 0 Å². The van der Waals surface area contributed by atoms with E-state index in [4.69, 9.17) is 4.74 Å². The zero-order valence-corrected chi connectivity index (χ0v) is 8.76. The first kappa shape index (κ1) is 10.0. The molecule has 0 unspecified atom stereocenters. The van der Waals surface area contributed by atoms with Crippen molar-refractivity contribution in [1.82, 2.24) is 4.90 Å². The number of ether oxygens (including phenoxy) is 1. The van der Waals surface area contributed by atoms with Crippen molar-refractivity contribution < 1.29 is 4.74 Å². The zero-order chi connectivity index (χ0) is 9.19. The van der Waals surface area contributed by atoms with E-state index in [2.05, 4.69) is 25.7 Å². The van der Waals surface area contributed by atoms with Crippen molar-refractivity contribution in [3.8, 4) is 0 Å². The molecule has 0 amide bonds. The lowest BCUT2D eigenvalue weighted by Gasteiger charge is -2.43. The summed E-state index contributed by atoms with van der Waals surface area (Å²) in [5, 5.41) is 0. The fourth-order valence-corrected chi connectivity index (χ4v) is 1.69. The van der Waals surface area contributed by atoms with Crippen molar-refractivity contribution in [1.29, 1.82) is 0 Å². The Balaban J connectivity index is 2.25. The zero-order valence-electron chi connectivity index (χ0n) is 8.76. The fourth-order valence-electron chi connectivity index (χ4n) is 1.69. The van der Waals surface area contributed by atoms with Crippen LogP contribution in [0.1, 0.15) is 27.2 Å². The number of likely N-dealkylation sites (tertiary alicyclic amines) is 1. The standard InChI is InChI=1S/C10H21NO/c1-10(2,3)8-11-6-5-9(11)7-12-4/h9H,5-8H2,1-4H3/t9-/m1/s1. The molecule has 1 atom stereocenters. The lowest BCUT2D eigenvalue weighted by atomic mass is 9.92. The summed E-state index contributed by atoms with van der Waals surface area (Å²) in [5.41, 5.74) is 0.423. The van der Waals surface area contributed by atoms with Crippen molar-refractivity contribution in [3.05, 3.63) is 0 Å². The van der Waals surface area contributed by atoms with E-state index >= 15 is 0 Å². The Morgan fingerprint density at radius 2 is 2.08 bits per heavy atom. The lowest BCUT2D eigenvalue weighted by molar-refractivity contribution is 0.00297. The lowest BCUT2D eigenvalue weighted by Crippen LogP contribution is -2.52. The normalized spacial score (nSPS) is 25.5. The van der Waals surface area contributed by atoms with Gasteiger partial charge in [0.05, 0.1) is 6.61 Å². The minimum Gasteiger partial charge on any atom is -0.383 e. The molecular weight excluding hydrogens is 150 g/mol. The monoisotopic (exact) mass is 171 g/mol. The van der Waals surface area contributed by atoms with E-state index in [0.29, 0.717) is 11.5 Å². The van der Waals surface area contributed by atoms with Gasteiger partial charge in [0.2, 0.25) is 0 Å². The van der Waals surface area contributed by atoms with Gasteiger partial charge in [-0.2, -0.15) is 0 Å². The maximum atomic E-state index is 5.15. The summed E-state index contributed by atoms with van der Waals surface area (Å²) in [6.45, 7) is 10.2. The molecule has 1 saturated heterocycles. The van der Waals surface area contributed by atoms with Crippen LogP contribution in [0.5, 0.6) is 0 Å². The van der Waals surface area contributed by atoms with Crippen molar-refractivity contribution in [3.63, 3.8) is 0 Å². The molecule has 0 bridgehead atoms. The smallest absolute Gasteiger partial charge is 0.0618 e. The van der Waals surface area contributed by atoms with E-state index < -0.39 is 0 Å². The van der Waals surface area contributed by atoms with E-state index in [1.807, 2.05) is 0 Å². The van der Waals surface area contributed by atoms with Crippen molar-refractivity contribution in [2.45, 2.75) is 33.2 Å². The highest BCUT2D eigenvalue weighted by molar-refractivity contribution is 4.85. The third kappa shape index (κ3) is 2.76. The third-order valence-corrected chi connectivity index (χ3v) is 2.30.